The van der Waals surface area contributed by atoms with Gasteiger partial charge in [-0.05, 0) is 31.9 Å². The molecule has 0 rings (SSSR count). The summed E-state index contributed by atoms with van der Waals surface area (Å²) >= 11 is 13.7. The first-order chi connectivity index (χ1) is 3.25. The normalized spacial score (nSPS) is 14.2. The van der Waals surface area contributed by atoms with Crippen LogP contribution in [-0.2, 0) is 0 Å². The maximum atomic E-state index is 12.1. The Morgan fingerprint density at radius 2 is 1.25 bits per heavy atom. The molecule has 0 nitrogen and oxygen atoms in total. The molecule has 50 valence electrons. The number of halogens is 6. The third kappa shape index (κ3) is 2.80. The number of hydrogen-bond donors (Lipinski definition) is 0. The van der Waals surface area contributed by atoms with Gasteiger partial charge in [-0.3, -0.25) is 0 Å². The molecule has 0 spiro atoms. The molecular weight excluding hydrogens is 293 g/mol. The Hall–Kier alpha value is 1.40. The van der Waals surface area contributed by atoms with Gasteiger partial charge in [-0.15, -0.1) is 0 Å². The van der Waals surface area contributed by atoms with Crippen LogP contribution >= 0.6 is 55.1 Å². The molecule has 0 bridgehead atoms. The van der Waals surface area contributed by atoms with E-state index >= 15 is 0 Å². The van der Waals surface area contributed by atoms with Gasteiger partial charge in [0.15, 0.2) is 0 Å². The predicted molar refractivity (Wildman–Crippen MR) is 37.2 cm³/mol. The highest BCUT2D eigenvalue weighted by Gasteiger charge is 2.47. The van der Waals surface area contributed by atoms with Crippen molar-refractivity contribution in [3.8, 4) is 0 Å². The van der Waals surface area contributed by atoms with Gasteiger partial charge in [-0.2, -0.15) is 0 Å². The van der Waals surface area contributed by atoms with Crippen LogP contribution in [0.1, 0.15) is 0 Å². The van der Waals surface area contributed by atoms with Crippen LogP contribution in [-0.4, -0.2) is 8.07 Å². The van der Waals surface area contributed by atoms with Crippen molar-refractivity contribution in [2.45, 2.75) is 8.07 Å². The van der Waals surface area contributed by atoms with Gasteiger partial charge in [0.05, 0.1) is 0 Å². The molecule has 0 aliphatic carbocycles. The van der Waals surface area contributed by atoms with Gasteiger partial charge >= 0.3 is 4.59 Å². The minimum atomic E-state index is -2.95. The van der Waals surface area contributed by atoms with E-state index in [1.54, 1.807) is 0 Å². The molecule has 0 fully saturated rings. The van der Waals surface area contributed by atoms with E-state index in [0.29, 0.717) is 0 Å². The molecule has 0 amide bonds. The Balaban J connectivity index is 4.02. The van der Waals surface area contributed by atoms with Gasteiger partial charge in [0, 0.05) is 0 Å². The number of hydrogen-bond acceptors (Lipinski definition) is 0. The molecule has 6 heteroatoms. The zero-order valence-electron chi connectivity index (χ0n) is 3.27. The SMILES string of the molecule is FC(Cl)(Cl)C(F)(Br)Br. The summed E-state index contributed by atoms with van der Waals surface area (Å²) in [6.07, 6.45) is 0. The fourth-order valence-corrected chi connectivity index (χ4v) is 0. The lowest BCUT2D eigenvalue weighted by Gasteiger charge is -2.16. The molecule has 0 aliphatic heterocycles. The zero-order valence-corrected chi connectivity index (χ0v) is 7.95. The molecule has 8 heavy (non-hydrogen) atoms. The summed E-state index contributed by atoms with van der Waals surface area (Å²) in [6, 6.07) is 0. The molecule has 0 aliphatic rings. The summed E-state index contributed by atoms with van der Waals surface area (Å²) < 4.78 is 18.5. The standard InChI is InChI=1S/C2Br2Cl2F2/c3-1(4,7)2(5,6)8. The largest absolute Gasteiger partial charge is 0.311 e. The second-order valence-corrected chi connectivity index (χ2v) is 5.48. The second kappa shape index (κ2) is 2.56. The summed E-state index contributed by atoms with van der Waals surface area (Å²) in [4.78, 5) is 0. The third-order valence-electron chi connectivity index (χ3n) is 0.321. The summed E-state index contributed by atoms with van der Waals surface area (Å²) in [5.41, 5.74) is 0. The van der Waals surface area contributed by atoms with Gasteiger partial charge in [-0.1, -0.05) is 23.2 Å². The Bertz CT molecular complexity index is 71.0. The average Bonchev–Trinajstić information content (AvgIpc) is 1.25. The van der Waals surface area contributed by atoms with Crippen LogP contribution in [0.5, 0.6) is 0 Å². The molecule has 0 aromatic rings. The Morgan fingerprint density at radius 1 is 1.12 bits per heavy atom. The van der Waals surface area contributed by atoms with E-state index in [0.717, 1.165) is 0 Å². The molecule has 0 aromatic carbocycles. The van der Waals surface area contributed by atoms with Crippen molar-refractivity contribution in [3.63, 3.8) is 0 Å². The first-order valence-corrected chi connectivity index (χ1v) is 3.73. The van der Waals surface area contributed by atoms with Gasteiger partial charge in [-0.25, -0.2) is 8.78 Å². The molecule has 0 saturated carbocycles. The molecule has 0 N–H and O–H groups in total. The Kier molecular flexibility index (Phi) is 3.01. The van der Waals surface area contributed by atoms with E-state index in [2.05, 4.69) is 55.1 Å². The molecule has 0 radical (unpaired) electrons. The first kappa shape index (κ1) is 9.40. The number of alkyl halides is 6. The molecular formula is C2Br2Cl2F2. The lowest BCUT2D eigenvalue weighted by atomic mass is 10.8. The van der Waals surface area contributed by atoms with E-state index in [1.807, 2.05) is 0 Å². The van der Waals surface area contributed by atoms with Crippen molar-refractivity contribution in [1.82, 2.24) is 0 Å². The quantitative estimate of drug-likeness (QED) is 0.649. The molecule has 0 aromatic heterocycles. The monoisotopic (exact) mass is 290 g/mol. The van der Waals surface area contributed by atoms with Gasteiger partial charge < -0.3 is 0 Å². The predicted octanol–water partition coefficient (Wildman–Crippen LogP) is 3.50. The number of rotatable bonds is 1. The van der Waals surface area contributed by atoms with Crippen LogP contribution in [0.15, 0.2) is 0 Å². The van der Waals surface area contributed by atoms with Crippen LogP contribution in [0, 0.1) is 0 Å². The van der Waals surface area contributed by atoms with Crippen LogP contribution in [0.3, 0.4) is 0 Å². The van der Waals surface area contributed by atoms with Crippen molar-refractivity contribution >= 4 is 55.1 Å². The van der Waals surface area contributed by atoms with Crippen molar-refractivity contribution in [2.24, 2.45) is 0 Å². The molecule has 0 saturated heterocycles. The molecule has 0 atom stereocenters. The third-order valence-corrected chi connectivity index (χ3v) is 2.85. The molecule has 0 heterocycles. The first-order valence-electron chi connectivity index (χ1n) is 1.38. The van der Waals surface area contributed by atoms with Crippen LogP contribution < -0.4 is 0 Å². The highest BCUT2D eigenvalue weighted by Crippen LogP contribution is 2.47. The smallest absolute Gasteiger partial charge is 0.212 e. The van der Waals surface area contributed by atoms with E-state index in [-0.39, 0.29) is 0 Å². The second-order valence-electron chi connectivity index (χ2n) is 0.996. The lowest BCUT2D eigenvalue weighted by Crippen LogP contribution is -2.24. The van der Waals surface area contributed by atoms with E-state index in [4.69, 9.17) is 0 Å². The maximum Gasteiger partial charge on any atom is 0.311 e. The van der Waals surface area contributed by atoms with Crippen molar-refractivity contribution in [1.29, 1.82) is 0 Å². The minimum absolute atomic E-state index is 2.21. The van der Waals surface area contributed by atoms with E-state index < -0.39 is 8.07 Å². The van der Waals surface area contributed by atoms with Crippen molar-refractivity contribution < 1.29 is 8.78 Å². The summed E-state index contributed by atoms with van der Waals surface area (Å²) in [5, 5.41) is 0. The Morgan fingerprint density at radius 3 is 1.25 bits per heavy atom. The highest BCUT2D eigenvalue weighted by molar-refractivity contribution is 9.25. The minimum Gasteiger partial charge on any atom is -0.212 e. The van der Waals surface area contributed by atoms with Crippen LogP contribution in [0.25, 0.3) is 0 Å². The van der Waals surface area contributed by atoms with Gasteiger partial charge in [0.2, 0.25) is 0 Å². The summed E-state index contributed by atoms with van der Waals surface area (Å²) in [6.45, 7) is 0. The summed E-state index contributed by atoms with van der Waals surface area (Å²) in [5.74, 6) is 0. The van der Waals surface area contributed by atoms with Crippen LogP contribution in [0.2, 0.25) is 0 Å². The molecule has 0 unspecified atom stereocenters. The summed E-state index contributed by atoms with van der Waals surface area (Å²) in [7, 11) is 0. The average molecular weight is 293 g/mol. The van der Waals surface area contributed by atoms with Crippen molar-refractivity contribution in [2.75, 3.05) is 0 Å². The van der Waals surface area contributed by atoms with Crippen LogP contribution in [0.4, 0.5) is 8.78 Å². The van der Waals surface area contributed by atoms with E-state index in [9.17, 15) is 8.78 Å². The Labute approximate surface area is 71.8 Å². The van der Waals surface area contributed by atoms with Gasteiger partial charge in [0.1, 0.15) is 0 Å². The fourth-order valence-electron chi connectivity index (χ4n) is 0. The van der Waals surface area contributed by atoms with Crippen molar-refractivity contribution in [3.05, 3.63) is 0 Å². The highest BCUT2D eigenvalue weighted by atomic mass is 79.9. The maximum absolute atomic E-state index is 12.1. The van der Waals surface area contributed by atoms with Gasteiger partial charge in [0.25, 0.3) is 3.49 Å². The topological polar surface area (TPSA) is 0 Å². The fraction of sp³-hybridized carbons (Fsp3) is 1.00. The lowest BCUT2D eigenvalue weighted by molar-refractivity contribution is 0.259. The van der Waals surface area contributed by atoms with E-state index in [1.165, 1.54) is 0 Å². The zero-order chi connectivity index (χ0) is 7.00.